The Morgan fingerprint density at radius 1 is 1.07 bits per heavy atom. The third-order valence-corrected chi connectivity index (χ3v) is 6.87. The van der Waals surface area contributed by atoms with Gasteiger partial charge in [-0.25, -0.2) is 9.78 Å². The molecule has 1 saturated heterocycles. The van der Waals surface area contributed by atoms with Crippen molar-refractivity contribution < 1.29 is 9.59 Å². The van der Waals surface area contributed by atoms with Gasteiger partial charge < -0.3 is 5.32 Å². The maximum atomic E-state index is 13.2. The number of thiophene rings is 1. The van der Waals surface area contributed by atoms with Crippen LogP contribution in [0.2, 0.25) is 0 Å². The van der Waals surface area contributed by atoms with Gasteiger partial charge in [0.15, 0.2) is 0 Å². The lowest BCUT2D eigenvalue weighted by Gasteiger charge is -2.22. The second-order valence-electron chi connectivity index (χ2n) is 7.16. The quantitative estimate of drug-likeness (QED) is 0.474. The highest BCUT2D eigenvalue weighted by atomic mass is 32.1. The van der Waals surface area contributed by atoms with Crippen LogP contribution in [0.1, 0.15) is 18.2 Å². The summed E-state index contributed by atoms with van der Waals surface area (Å²) < 4.78 is 0. The van der Waals surface area contributed by atoms with E-state index in [1.165, 1.54) is 16.2 Å². The van der Waals surface area contributed by atoms with E-state index < -0.39 is 11.6 Å². The summed E-state index contributed by atoms with van der Waals surface area (Å²) in [4.78, 5) is 31.7. The van der Waals surface area contributed by atoms with Gasteiger partial charge in [0.1, 0.15) is 10.5 Å². The number of aromatic nitrogens is 1. The minimum atomic E-state index is -1.09. The Hall–Kier alpha value is -3.03. The van der Waals surface area contributed by atoms with Crippen molar-refractivity contribution in [3.05, 3.63) is 75.9 Å². The van der Waals surface area contributed by atoms with E-state index in [-0.39, 0.29) is 12.5 Å². The molecule has 0 saturated carbocycles. The Labute approximate surface area is 175 Å². The molecule has 1 atom stereocenters. The molecule has 5 rings (SSSR count). The predicted molar refractivity (Wildman–Crippen MR) is 116 cm³/mol. The number of fused-ring (bicyclic) bond motifs is 1. The molecule has 2 aromatic heterocycles. The molecule has 0 radical (unpaired) electrons. The molecule has 1 aliphatic heterocycles. The molecule has 1 N–H and O–H groups in total. The van der Waals surface area contributed by atoms with E-state index in [2.05, 4.69) is 10.3 Å². The highest BCUT2D eigenvalue weighted by molar-refractivity contribution is 7.14. The Kier molecular flexibility index (Phi) is 4.22. The van der Waals surface area contributed by atoms with Gasteiger partial charge in [-0.15, -0.1) is 11.3 Å². The maximum absolute atomic E-state index is 13.2. The molecule has 3 amide bonds. The highest BCUT2D eigenvalue weighted by Gasteiger charge is 2.49. The number of thiazole rings is 1. The number of rotatable bonds is 4. The standard InChI is InChI=1S/C22H17N3O2S2/c1-22(17-7-6-14-4-2-3-5-15(14)10-17)20(26)25(21(27)24-22)11-18-13-29-19(23-18)16-8-9-28-12-16/h2-10,12-13H,11H2,1H3,(H,24,27)/t22-/m1/s1. The molecule has 29 heavy (non-hydrogen) atoms. The lowest BCUT2D eigenvalue weighted by atomic mass is 9.90. The summed E-state index contributed by atoms with van der Waals surface area (Å²) in [7, 11) is 0. The third-order valence-electron chi connectivity index (χ3n) is 5.24. The van der Waals surface area contributed by atoms with Crippen molar-refractivity contribution in [2.45, 2.75) is 19.0 Å². The van der Waals surface area contributed by atoms with Crippen LogP contribution in [0.4, 0.5) is 4.79 Å². The molecule has 1 fully saturated rings. The van der Waals surface area contributed by atoms with Crippen molar-refractivity contribution in [2.75, 3.05) is 0 Å². The Balaban J connectivity index is 1.43. The smallest absolute Gasteiger partial charge is 0.319 e. The predicted octanol–water partition coefficient (Wildman–Crippen LogP) is 4.99. The molecule has 0 aliphatic carbocycles. The van der Waals surface area contributed by atoms with Gasteiger partial charge in [-0.3, -0.25) is 9.69 Å². The number of hydrogen-bond donors (Lipinski definition) is 1. The van der Waals surface area contributed by atoms with Crippen LogP contribution < -0.4 is 5.32 Å². The van der Waals surface area contributed by atoms with Crippen LogP contribution in [0.3, 0.4) is 0 Å². The largest absolute Gasteiger partial charge is 0.325 e. The summed E-state index contributed by atoms with van der Waals surface area (Å²) in [5, 5.41) is 11.8. The second-order valence-corrected chi connectivity index (χ2v) is 8.80. The summed E-state index contributed by atoms with van der Waals surface area (Å²) in [6.45, 7) is 1.92. The number of carbonyl (C=O) groups is 2. The number of hydrogen-bond acceptors (Lipinski definition) is 5. The molecule has 144 valence electrons. The van der Waals surface area contributed by atoms with Gasteiger partial charge in [0.25, 0.3) is 5.91 Å². The zero-order chi connectivity index (χ0) is 20.0. The van der Waals surface area contributed by atoms with Crippen LogP contribution in [0.5, 0.6) is 0 Å². The Morgan fingerprint density at radius 3 is 2.69 bits per heavy atom. The summed E-state index contributed by atoms with van der Waals surface area (Å²) in [6.07, 6.45) is 0. The highest BCUT2D eigenvalue weighted by Crippen LogP contribution is 2.32. The van der Waals surface area contributed by atoms with Crippen LogP contribution in [-0.4, -0.2) is 21.8 Å². The van der Waals surface area contributed by atoms with Crippen LogP contribution >= 0.6 is 22.7 Å². The van der Waals surface area contributed by atoms with Crippen molar-refractivity contribution in [2.24, 2.45) is 0 Å². The molecule has 0 bridgehead atoms. The van der Waals surface area contributed by atoms with Crippen molar-refractivity contribution in [3.8, 4) is 10.6 Å². The van der Waals surface area contributed by atoms with E-state index >= 15 is 0 Å². The SMILES string of the molecule is C[C@]1(c2ccc3ccccc3c2)NC(=O)N(Cc2csc(-c3ccsc3)n2)C1=O. The fraction of sp³-hybridized carbons (Fsp3) is 0.136. The van der Waals surface area contributed by atoms with Crippen LogP contribution in [0, 0.1) is 0 Å². The van der Waals surface area contributed by atoms with E-state index in [0.29, 0.717) is 5.69 Å². The summed E-state index contributed by atoms with van der Waals surface area (Å²) >= 11 is 3.13. The third kappa shape index (κ3) is 3.03. The van der Waals surface area contributed by atoms with Gasteiger partial charge in [-0.2, -0.15) is 11.3 Å². The fourth-order valence-corrected chi connectivity index (χ4v) is 5.12. The molecular formula is C22H17N3O2S2. The Bertz CT molecular complexity index is 1230. The van der Waals surface area contributed by atoms with Crippen LogP contribution in [0.15, 0.2) is 64.7 Å². The van der Waals surface area contributed by atoms with E-state index in [0.717, 1.165) is 26.9 Å². The minimum absolute atomic E-state index is 0.161. The summed E-state index contributed by atoms with van der Waals surface area (Å²) in [6, 6.07) is 15.4. The molecule has 1 aliphatic rings. The summed E-state index contributed by atoms with van der Waals surface area (Å²) in [5.74, 6) is -0.261. The number of amides is 3. The van der Waals surface area contributed by atoms with E-state index in [1.54, 1.807) is 18.3 Å². The molecule has 7 heteroatoms. The first-order valence-electron chi connectivity index (χ1n) is 9.15. The first-order valence-corrected chi connectivity index (χ1v) is 11.0. The van der Waals surface area contributed by atoms with Gasteiger partial charge in [-0.1, -0.05) is 36.4 Å². The van der Waals surface area contributed by atoms with Crippen molar-refractivity contribution in [1.29, 1.82) is 0 Å². The van der Waals surface area contributed by atoms with E-state index in [4.69, 9.17) is 0 Å². The fourth-order valence-electron chi connectivity index (χ4n) is 3.60. The lowest BCUT2D eigenvalue weighted by Crippen LogP contribution is -2.40. The average Bonchev–Trinajstić information content (AvgIpc) is 3.46. The second kappa shape index (κ2) is 6.79. The number of carbonyl (C=O) groups excluding carboxylic acids is 2. The number of urea groups is 1. The average molecular weight is 420 g/mol. The first-order chi connectivity index (χ1) is 14.0. The molecule has 3 heterocycles. The molecular weight excluding hydrogens is 402 g/mol. The van der Waals surface area contributed by atoms with Gasteiger partial charge >= 0.3 is 6.03 Å². The van der Waals surface area contributed by atoms with Crippen molar-refractivity contribution in [1.82, 2.24) is 15.2 Å². The molecule has 0 unspecified atom stereocenters. The zero-order valence-electron chi connectivity index (χ0n) is 15.6. The normalized spacial score (nSPS) is 19.1. The topological polar surface area (TPSA) is 62.3 Å². The summed E-state index contributed by atoms with van der Waals surface area (Å²) in [5.41, 5.74) is 1.45. The van der Waals surface area contributed by atoms with Crippen molar-refractivity contribution >= 4 is 45.4 Å². The van der Waals surface area contributed by atoms with E-state index in [9.17, 15) is 9.59 Å². The number of nitrogens with zero attached hydrogens (tertiary/aromatic N) is 2. The van der Waals surface area contributed by atoms with Gasteiger partial charge in [0, 0.05) is 16.3 Å². The lowest BCUT2D eigenvalue weighted by molar-refractivity contribution is -0.131. The number of benzene rings is 2. The maximum Gasteiger partial charge on any atom is 0.325 e. The first kappa shape index (κ1) is 18.0. The number of imide groups is 1. The van der Waals surface area contributed by atoms with Crippen molar-refractivity contribution in [3.63, 3.8) is 0 Å². The van der Waals surface area contributed by atoms with Crippen LogP contribution in [-0.2, 0) is 16.9 Å². The monoisotopic (exact) mass is 419 g/mol. The van der Waals surface area contributed by atoms with Gasteiger partial charge in [0.05, 0.1) is 12.2 Å². The van der Waals surface area contributed by atoms with Crippen LogP contribution in [0.25, 0.3) is 21.3 Å². The number of nitrogens with one attached hydrogen (secondary N) is 1. The minimum Gasteiger partial charge on any atom is -0.319 e. The molecule has 5 nitrogen and oxygen atoms in total. The molecule has 4 aromatic rings. The van der Waals surface area contributed by atoms with Gasteiger partial charge in [-0.05, 0) is 40.8 Å². The molecule has 0 spiro atoms. The van der Waals surface area contributed by atoms with Gasteiger partial charge in [0.2, 0.25) is 0 Å². The van der Waals surface area contributed by atoms with E-state index in [1.807, 2.05) is 64.7 Å². The Morgan fingerprint density at radius 2 is 1.90 bits per heavy atom. The zero-order valence-corrected chi connectivity index (χ0v) is 17.2. The molecule has 2 aromatic carbocycles.